The predicted octanol–water partition coefficient (Wildman–Crippen LogP) is 7.89. The van der Waals surface area contributed by atoms with Gasteiger partial charge in [-0.25, -0.2) is 0 Å². The molecule has 0 spiro atoms. The van der Waals surface area contributed by atoms with Gasteiger partial charge in [0.2, 0.25) is 0 Å². The van der Waals surface area contributed by atoms with Gasteiger partial charge in [-0.2, -0.15) is 0 Å². The van der Waals surface area contributed by atoms with Gasteiger partial charge in [0, 0.05) is 61.2 Å². The first-order chi connectivity index (χ1) is 31.3. The molecule has 0 saturated heterocycles. The van der Waals surface area contributed by atoms with Crippen LogP contribution in [0.15, 0.2) is 102 Å². The fraction of sp³-hybridized carbons (Fsp3) is 0.373. The van der Waals surface area contributed by atoms with Gasteiger partial charge < -0.3 is 54.6 Å². The normalized spacial score (nSPS) is 28.1. The number of allylic oxidation sites excluding steroid dienone is 2. The van der Waals surface area contributed by atoms with Crippen molar-refractivity contribution in [3.05, 3.63) is 125 Å². The Morgan fingerprint density at radius 3 is 2.06 bits per heavy atom. The lowest BCUT2D eigenvalue weighted by Crippen LogP contribution is -2.46. The number of phenolic OH excluding ortho intramolecular Hbond substituents is 3. The van der Waals surface area contributed by atoms with Gasteiger partial charge in [-0.3, -0.25) is 14.4 Å². The van der Waals surface area contributed by atoms with Crippen molar-refractivity contribution in [2.24, 2.45) is 28.8 Å². The number of esters is 1. The number of nitrogens with one attached hydrogen (secondary N) is 1. The lowest BCUT2D eigenvalue weighted by molar-refractivity contribution is -0.160. The summed E-state index contributed by atoms with van der Waals surface area (Å²) in [5.74, 6) is -8.88. The summed E-state index contributed by atoms with van der Waals surface area (Å²) in [5, 5.41) is 65.3. The van der Waals surface area contributed by atoms with Gasteiger partial charge in [0.05, 0.1) is 53.0 Å². The third-order valence-electron chi connectivity index (χ3n) is 12.6. The fourth-order valence-electron chi connectivity index (χ4n) is 8.59. The van der Waals surface area contributed by atoms with E-state index in [2.05, 4.69) is 10.5 Å². The van der Waals surface area contributed by atoms with Gasteiger partial charge in [-0.05, 0) is 31.1 Å². The van der Waals surface area contributed by atoms with E-state index in [0.29, 0.717) is 0 Å². The molecule has 0 fully saturated rings. The van der Waals surface area contributed by atoms with E-state index in [1.807, 2.05) is 60.7 Å². The number of ketones is 1. The minimum Gasteiger partial charge on any atom is -0.507 e. The highest BCUT2D eigenvalue weighted by molar-refractivity contribution is 6.23. The van der Waals surface area contributed by atoms with E-state index in [9.17, 15) is 39.9 Å². The highest BCUT2D eigenvalue weighted by Crippen LogP contribution is 2.55. The molecule has 15 nitrogen and oxygen atoms in total. The molecule has 350 valence electrons. The van der Waals surface area contributed by atoms with Crippen LogP contribution in [-0.4, -0.2) is 86.7 Å². The molecule has 3 heterocycles. The molecule has 4 aromatic carbocycles. The maximum atomic E-state index is 14.6. The Morgan fingerprint density at radius 2 is 1.47 bits per heavy atom. The van der Waals surface area contributed by atoms with Crippen molar-refractivity contribution in [2.75, 3.05) is 12.4 Å². The lowest BCUT2D eigenvalue weighted by Gasteiger charge is -2.38. The van der Waals surface area contributed by atoms with Crippen LogP contribution in [-0.2, 0) is 28.6 Å². The Morgan fingerprint density at radius 1 is 0.848 bits per heavy atom. The van der Waals surface area contributed by atoms with Crippen LogP contribution in [0.2, 0.25) is 0 Å². The Kier molecular flexibility index (Phi) is 14.9. The van der Waals surface area contributed by atoms with Crippen molar-refractivity contribution >= 4 is 40.3 Å². The first-order valence-corrected chi connectivity index (χ1v) is 21.7. The first kappa shape index (κ1) is 48.8. The molecule has 15 heteroatoms. The summed E-state index contributed by atoms with van der Waals surface area (Å²) in [6.07, 6.45) is 3.74. The van der Waals surface area contributed by atoms with Crippen molar-refractivity contribution in [1.82, 2.24) is 0 Å². The lowest BCUT2D eigenvalue weighted by atomic mass is 9.78. The highest BCUT2D eigenvalue weighted by atomic mass is 16.7. The van der Waals surface area contributed by atoms with Crippen LogP contribution in [0.5, 0.6) is 23.0 Å². The average molecular weight is 907 g/mol. The fourth-order valence-corrected chi connectivity index (χ4v) is 8.59. The quantitative estimate of drug-likeness (QED) is 0.0342. The Bertz CT molecular complexity index is 2530. The van der Waals surface area contributed by atoms with Gasteiger partial charge >= 0.3 is 11.8 Å². The van der Waals surface area contributed by atoms with Gasteiger partial charge in [-0.15, -0.1) is 0 Å². The van der Waals surface area contributed by atoms with E-state index in [4.69, 9.17) is 23.8 Å². The van der Waals surface area contributed by atoms with E-state index in [-0.39, 0.29) is 44.5 Å². The number of hydrogen-bond acceptors (Lipinski definition) is 14. The maximum Gasteiger partial charge on any atom is 0.312 e. The van der Waals surface area contributed by atoms with Crippen molar-refractivity contribution in [2.45, 2.75) is 91.7 Å². The molecule has 1 amide bonds. The molecule has 0 aromatic heterocycles. The number of aromatic hydroxyl groups is 3. The average Bonchev–Trinajstić information content (AvgIpc) is 3.57. The van der Waals surface area contributed by atoms with Crippen molar-refractivity contribution in [1.29, 1.82) is 0 Å². The first-order valence-electron chi connectivity index (χ1n) is 21.7. The van der Waals surface area contributed by atoms with E-state index >= 15 is 0 Å². The number of nitrogens with zero attached hydrogens (tertiary/aromatic N) is 1. The topological polar surface area (TPSA) is 223 Å². The number of carbonyl (C=O) groups excluding carboxylic acids is 3. The SMILES string of the molecule is COC1/C=C/OC2(C)Oc3c(C)c(O)c4c(O)c(c(/C=N/OC(c5ccccc5)c5ccccc5)c(O)c4c3C2=O)NC(=O)/C(C)=C/C=C/C(C)C(O)C(C)C(O)C(C)C(OC(C)=O)C1C. The number of aliphatic hydroxyl groups excluding tert-OH is 2. The van der Waals surface area contributed by atoms with Crippen LogP contribution < -0.4 is 10.1 Å². The maximum absolute atomic E-state index is 14.6. The number of phenols is 3. The molecule has 7 rings (SSSR count). The summed E-state index contributed by atoms with van der Waals surface area (Å²) >= 11 is 0. The number of hydrogen-bond donors (Lipinski definition) is 6. The largest absolute Gasteiger partial charge is 0.507 e. The van der Waals surface area contributed by atoms with Crippen molar-refractivity contribution in [3.8, 4) is 23.0 Å². The molecule has 66 heavy (non-hydrogen) atoms. The predicted molar refractivity (Wildman–Crippen MR) is 247 cm³/mol. The van der Waals surface area contributed by atoms with Crippen LogP contribution in [0.4, 0.5) is 5.69 Å². The van der Waals surface area contributed by atoms with Gasteiger partial charge in [0.1, 0.15) is 23.4 Å². The van der Waals surface area contributed by atoms with E-state index in [0.717, 1.165) is 17.3 Å². The number of aliphatic hydroxyl groups is 2. The molecule has 0 radical (unpaired) electrons. The summed E-state index contributed by atoms with van der Waals surface area (Å²) in [6.45, 7) is 12.4. The molecular formula is C51H58N2O13. The Balaban J connectivity index is 1.53. The number of benzene rings is 4. The number of anilines is 1. The zero-order valence-corrected chi connectivity index (χ0v) is 38.4. The zero-order valence-electron chi connectivity index (χ0n) is 38.4. The zero-order chi connectivity index (χ0) is 48.2. The van der Waals surface area contributed by atoms with Gasteiger partial charge in [0.15, 0.2) is 11.9 Å². The van der Waals surface area contributed by atoms with Crippen LogP contribution in [0.25, 0.3) is 10.8 Å². The summed E-state index contributed by atoms with van der Waals surface area (Å²) in [4.78, 5) is 47.0. The van der Waals surface area contributed by atoms with Crippen LogP contribution in [0, 0.1) is 30.6 Å². The molecule has 0 saturated carbocycles. The van der Waals surface area contributed by atoms with E-state index in [1.165, 1.54) is 53.2 Å². The second-order valence-corrected chi connectivity index (χ2v) is 17.2. The smallest absolute Gasteiger partial charge is 0.312 e. The monoisotopic (exact) mass is 906 g/mol. The molecule has 9 atom stereocenters. The Labute approximate surface area is 383 Å². The number of ether oxygens (including phenoxy) is 4. The Hall–Kier alpha value is -6.68. The number of carbonyl (C=O) groups is 3. The number of fused-ring (bicyclic) bond motifs is 14. The second-order valence-electron chi connectivity index (χ2n) is 17.2. The molecule has 4 aromatic rings. The molecule has 5 bridgehead atoms. The summed E-state index contributed by atoms with van der Waals surface area (Å²) in [5.41, 5.74) is 0.756. The van der Waals surface area contributed by atoms with E-state index < -0.39 is 94.9 Å². The molecule has 3 aliphatic rings. The summed E-state index contributed by atoms with van der Waals surface area (Å²) in [6, 6.07) is 18.5. The minimum atomic E-state index is -2.10. The number of methoxy groups -OCH3 is 1. The highest BCUT2D eigenvalue weighted by Gasteiger charge is 2.50. The van der Waals surface area contributed by atoms with Crippen molar-refractivity contribution in [3.63, 3.8) is 0 Å². The standard InChI is InChI=1S/C51H58N2O13/c1-26-17-16-18-27(2)50(61)53-40-35(25-52-66-48(33-19-12-10-13-20-33)34-21-14-11-15-22-34)44(58)37-38(45(40)59)43(57)31(6)47-39(37)49(60)51(8,65-47)63-24-23-36(62-9)28(3)46(64-32(7)54)30(5)42(56)29(4)41(26)55/h10-26,28-30,36,41-42,46,48,55-59H,1-9H3,(H,53,61)/b17-16+,24-23+,27-18+,52-25+. The van der Waals surface area contributed by atoms with Crippen LogP contribution in [0.3, 0.4) is 0 Å². The summed E-state index contributed by atoms with van der Waals surface area (Å²) in [7, 11) is 1.43. The van der Waals surface area contributed by atoms with Crippen molar-refractivity contribution < 1.29 is 63.7 Å². The van der Waals surface area contributed by atoms with E-state index in [1.54, 1.807) is 39.8 Å². The molecule has 9 unspecified atom stereocenters. The number of rotatable bonds is 7. The molecule has 3 aliphatic heterocycles. The third kappa shape index (κ3) is 9.64. The summed E-state index contributed by atoms with van der Waals surface area (Å²) < 4.78 is 23.7. The third-order valence-corrected chi connectivity index (χ3v) is 12.6. The van der Waals surface area contributed by atoms with Crippen LogP contribution >= 0.6 is 0 Å². The minimum absolute atomic E-state index is 0.0184. The van der Waals surface area contributed by atoms with Crippen LogP contribution in [0.1, 0.15) is 87.2 Å². The molecular weight excluding hydrogens is 849 g/mol. The molecule has 0 aliphatic carbocycles. The second kappa shape index (κ2) is 20.2. The number of oxime groups is 1. The van der Waals surface area contributed by atoms with Gasteiger partial charge in [0.25, 0.3) is 11.7 Å². The van der Waals surface area contributed by atoms with Gasteiger partial charge in [-0.1, -0.05) is 112 Å². The number of amides is 1. The number of Topliss-reactive ketones (excluding diaryl/α,β-unsaturated/α-hetero) is 1. The molecule has 6 N–H and O–H groups in total.